The Morgan fingerprint density at radius 1 is 1.15 bits per heavy atom. The largest absolute Gasteiger partial charge is 0.489 e. The average molecular weight is 364 g/mol. The predicted molar refractivity (Wildman–Crippen MR) is 107 cm³/mol. The van der Waals surface area contributed by atoms with Crippen LogP contribution < -0.4 is 15.4 Å². The van der Waals surface area contributed by atoms with Crippen LogP contribution in [0.1, 0.15) is 36.8 Å². The van der Waals surface area contributed by atoms with Gasteiger partial charge in [-0.3, -0.25) is 4.79 Å². The van der Waals surface area contributed by atoms with Crippen molar-refractivity contribution < 1.29 is 9.53 Å². The molecule has 142 valence electrons. The highest BCUT2D eigenvalue weighted by molar-refractivity contribution is 5.83. The number of carbonyl (C=O) groups excluding carboxylic acids is 1. The van der Waals surface area contributed by atoms with Crippen molar-refractivity contribution in [2.45, 2.75) is 38.3 Å². The Morgan fingerprint density at radius 2 is 1.93 bits per heavy atom. The smallest absolute Gasteiger partial charge is 0.224 e. The van der Waals surface area contributed by atoms with E-state index in [4.69, 9.17) is 4.74 Å². The summed E-state index contributed by atoms with van der Waals surface area (Å²) in [6.45, 7) is 4.74. The van der Waals surface area contributed by atoms with Gasteiger partial charge in [0.1, 0.15) is 12.4 Å². The predicted octanol–water partition coefficient (Wildman–Crippen LogP) is 3.48. The van der Waals surface area contributed by atoms with E-state index in [2.05, 4.69) is 41.8 Å². The highest BCUT2D eigenvalue weighted by atomic mass is 16.5. The molecule has 4 unspecified atom stereocenters. The molecule has 2 aromatic carbocycles. The quantitative estimate of drug-likeness (QED) is 0.825. The van der Waals surface area contributed by atoms with Crippen LogP contribution in [0.4, 0.5) is 0 Å². The molecule has 0 bridgehead atoms. The SMILES string of the molecule is CC1CCNCC1NC(=O)C1CC1c1ccc(OCc2ccccc2)cc1. The maximum atomic E-state index is 12.6. The lowest BCUT2D eigenvalue weighted by Gasteiger charge is -2.30. The first kappa shape index (κ1) is 18.1. The molecular weight excluding hydrogens is 336 g/mol. The van der Waals surface area contributed by atoms with Gasteiger partial charge in [0.2, 0.25) is 5.91 Å². The third kappa shape index (κ3) is 4.51. The summed E-state index contributed by atoms with van der Waals surface area (Å²) in [5.74, 6) is 2.10. The average Bonchev–Trinajstić information content (AvgIpc) is 3.50. The van der Waals surface area contributed by atoms with Crippen molar-refractivity contribution in [1.29, 1.82) is 0 Å². The molecule has 4 nitrogen and oxygen atoms in total. The van der Waals surface area contributed by atoms with Crippen molar-refractivity contribution in [2.75, 3.05) is 13.1 Å². The van der Waals surface area contributed by atoms with Gasteiger partial charge in [-0.05, 0) is 54.5 Å². The Bertz CT molecular complexity index is 760. The number of hydrogen-bond acceptors (Lipinski definition) is 3. The maximum Gasteiger partial charge on any atom is 0.224 e. The Hall–Kier alpha value is -2.33. The lowest BCUT2D eigenvalue weighted by Crippen LogP contribution is -2.50. The van der Waals surface area contributed by atoms with Crippen LogP contribution in [0.15, 0.2) is 54.6 Å². The Kier molecular flexibility index (Phi) is 5.44. The summed E-state index contributed by atoms with van der Waals surface area (Å²) in [6.07, 6.45) is 2.08. The first-order valence-corrected chi connectivity index (χ1v) is 9.98. The second-order valence-corrected chi connectivity index (χ2v) is 7.88. The van der Waals surface area contributed by atoms with Crippen molar-refractivity contribution in [2.24, 2.45) is 11.8 Å². The fraction of sp³-hybridized carbons (Fsp3) is 0.435. The minimum atomic E-state index is 0.121. The fourth-order valence-electron chi connectivity index (χ4n) is 3.88. The number of rotatable bonds is 6. The summed E-state index contributed by atoms with van der Waals surface area (Å²) in [5, 5.41) is 6.63. The molecule has 1 saturated carbocycles. The summed E-state index contributed by atoms with van der Waals surface area (Å²) in [6, 6.07) is 18.7. The molecule has 27 heavy (non-hydrogen) atoms. The van der Waals surface area contributed by atoms with Gasteiger partial charge in [-0.1, -0.05) is 49.4 Å². The summed E-state index contributed by atoms with van der Waals surface area (Å²) in [5.41, 5.74) is 2.39. The molecule has 2 aliphatic rings. The Morgan fingerprint density at radius 3 is 2.67 bits per heavy atom. The van der Waals surface area contributed by atoms with Crippen LogP contribution in [-0.4, -0.2) is 25.0 Å². The van der Waals surface area contributed by atoms with E-state index in [-0.39, 0.29) is 17.9 Å². The van der Waals surface area contributed by atoms with Gasteiger partial charge in [0.05, 0.1) is 0 Å². The third-order valence-electron chi connectivity index (χ3n) is 5.84. The number of ether oxygens (including phenoxy) is 1. The second kappa shape index (κ2) is 8.13. The van der Waals surface area contributed by atoms with E-state index >= 15 is 0 Å². The first-order valence-electron chi connectivity index (χ1n) is 9.98. The Labute approximate surface area is 161 Å². The molecule has 2 aromatic rings. The maximum absolute atomic E-state index is 12.6. The zero-order chi connectivity index (χ0) is 18.6. The number of benzene rings is 2. The molecule has 1 amide bonds. The first-order chi connectivity index (χ1) is 13.2. The normalized spacial score (nSPS) is 27.0. The van der Waals surface area contributed by atoms with E-state index < -0.39 is 0 Å². The van der Waals surface area contributed by atoms with Crippen LogP contribution in [-0.2, 0) is 11.4 Å². The fourth-order valence-corrected chi connectivity index (χ4v) is 3.88. The molecule has 4 rings (SSSR count). The number of nitrogens with one attached hydrogen (secondary N) is 2. The number of piperidine rings is 1. The monoisotopic (exact) mass is 364 g/mol. The van der Waals surface area contributed by atoms with Crippen molar-refractivity contribution in [3.63, 3.8) is 0 Å². The molecule has 1 heterocycles. The number of amides is 1. The molecule has 0 spiro atoms. The van der Waals surface area contributed by atoms with Gasteiger partial charge in [0.15, 0.2) is 0 Å². The third-order valence-corrected chi connectivity index (χ3v) is 5.84. The standard InChI is InChI=1S/C23H28N2O2/c1-16-11-12-24-14-22(16)25-23(26)21-13-20(21)18-7-9-19(10-8-18)27-15-17-5-3-2-4-6-17/h2-10,16,20-22,24H,11-15H2,1H3,(H,25,26). The lowest BCUT2D eigenvalue weighted by atomic mass is 9.94. The number of hydrogen-bond donors (Lipinski definition) is 2. The molecule has 4 atom stereocenters. The summed E-state index contributed by atoms with van der Waals surface area (Å²) in [4.78, 5) is 12.6. The molecule has 4 heteroatoms. The molecule has 1 aliphatic carbocycles. The van der Waals surface area contributed by atoms with E-state index in [1.807, 2.05) is 30.3 Å². The molecule has 1 saturated heterocycles. The van der Waals surface area contributed by atoms with Crippen LogP contribution in [0.3, 0.4) is 0 Å². The van der Waals surface area contributed by atoms with Crippen molar-refractivity contribution in [3.8, 4) is 5.75 Å². The van der Waals surface area contributed by atoms with Gasteiger partial charge in [0, 0.05) is 18.5 Å². The Balaban J connectivity index is 1.28. The van der Waals surface area contributed by atoms with Gasteiger partial charge in [-0.15, -0.1) is 0 Å². The van der Waals surface area contributed by atoms with Crippen molar-refractivity contribution in [3.05, 3.63) is 65.7 Å². The van der Waals surface area contributed by atoms with Gasteiger partial charge in [-0.2, -0.15) is 0 Å². The molecule has 1 aliphatic heterocycles. The molecule has 0 radical (unpaired) electrons. The van der Waals surface area contributed by atoms with Gasteiger partial charge in [-0.25, -0.2) is 0 Å². The molecule has 2 fully saturated rings. The second-order valence-electron chi connectivity index (χ2n) is 7.88. The summed E-state index contributed by atoms with van der Waals surface area (Å²) in [7, 11) is 0. The lowest BCUT2D eigenvalue weighted by molar-refractivity contribution is -0.123. The molecule has 2 N–H and O–H groups in total. The molecular formula is C23H28N2O2. The van der Waals surface area contributed by atoms with E-state index in [0.717, 1.165) is 37.2 Å². The summed E-state index contributed by atoms with van der Waals surface area (Å²) >= 11 is 0. The number of carbonyl (C=O) groups is 1. The van der Waals surface area contributed by atoms with Crippen LogP contribution in [0, 0.1) is 11.8 Å². The van der Waals surface area contributed by atoms with Crippen LogP contribution in [0.25, 0.3) is 0 Å². The van der Waals surface area contributed by atoms with E-state index in [9.17, 15) is 4.79 Å². The topological polar surface area (TPSA) is 50.4 Å². The highest BCUT2D eigenvalue weighted by Crippen LogP contribution is 2.48. The van der Waals surface area contributed by atoms with E-state index in [0.29, 0.717) is 18.4 Å². The summed E-state index contributed by atoms with van der Waals surface area (Å²) < 4.78 is 5.85. The minimum absolute atomic E-state index is 0.121. The van der Waals surface area contributed by atoms with Gasteiger partial charge >= 0.3 is 0 Å². The zero-order valence-corrected chi connectivity index (χ0v) is 15.9. The van der Waals surface area contributed by atoms with Gasteiger partial charge < -0.3 is 15.4 Å². The van der Waals surface area contributed by atoms with Crippen LogP contribution in [0.5, 0.6) is 5.75 Å². The van der Waals surface area contributed by atoms with Gasteiger partial charge in [0.25, 0.3) is 0 Å². The molecule has 0 aromatic heterocycles. The van der Waals surface area contributed by atoms with Crippen molar-refractivity contribution in [1.82, 2.24) is 10.6 Å². The van der Waals surface area contributed by atoms with E-state index in [1.165, 1.54) is 5.56 Å². The van der Waals surface area contributed by atoms with Crippen LogP contribution >= 0.6 is 0 Å². The zero-order valence-electron chi connectivity index (χ0n) is 15.9. The van der Waals surface area contributed by atoms with Crippen LogP contribution in [0.2, 0.25) is 0 Å². The van der Waals surface area contributed by atoms with Crippen molar-refractivity contribution >= 4 is 5.91 Å². The highest BCUT2D eigenvalue weighted by Gasteiger charge is 2.44. The van der Waals surface area contributed by atoms with E-state index in [1.54, 1.807) is 0 Å². The minimum Gasteiger partial charge on any atom is -0.489 e.